The Kier molecular flexibility index (Phi) is 3.22. The van der Waals surface area contributed by atoms with Crippen LogP contribution < -0.4 is 15.8 Å². The Morgan fingerprint density at radius 2 is 2.29 bits per heavy atom. The zero-order chi connectivity index (χ0) is 12.4. The third-order valence-electron chi connectivity index (χ3n) is 3.27. The number of nitrogens with two attached hydrogens (primary N) is 1. The third kappa shape index (κ3) is 2.70. The smallest absolute Gasteiger partial charge is 0.255 e. The molecule has 2 rings (SSSR count). The van der Waals surface area contributed by atoms with Gasteiger partial charge in [0, 0.05) is 18.3 Å². The largest absolute Gasteiger partial charge is 0.496 e. The molecule has 0 aromatic heterocycles. The molecule has 1 saturated carbocycles. The van der Waals surface area contributed by atoms with E-state index in [1.165, 1.54) is 13.5 Å². The van der Waals surface area contributed by atoms with E-state index in [0.29, 0.717) is 22.9 Å². The number of ether oxygens (including phenoxy) is 1. The molecule has 0 bridgehead atoms. The first-order valence-corrected chi connectivity index (χ1v) is 5.83. The molecule has 0 aliphatic heterocycles. The Balaban J connectivity index is 2.02. The molecule has 92 valence electrons. The summed E-state index contributed by atoms with van der Waals surface area (Å²) >= 11 is 0. The summed E-state index contributed by atoms with van der Waals surface area (Å²) in [5, 5.41) is 2.93. The first-order valence-electron chi connectivity index (χ1n) is 5.83. The molecule has 2 unspecified atom stereocenters. The zero-order valence-electron chi connectivity index (χ0n) is 10.2. The van der Waals surface area contributed by atoms with Gasteiger partial charge in [0.2, 0.25) is 0 Å². The van der Waals surface area contributed by atoms with Gasteiger partial charge < -0.3 is 15.8 Å². The van der Waals surface area contributed by atoms with E-state index in [4.69, 9.17) is 10.5 Å². The van der Waals surface area contributed by atoms with Gasteiger partial charge in [-0.2, -0.15) is 0 Å². The lowest BCUT2D eigenvalue weighted by molar-refractivity contribution is 0.0948. The summed E-state index contributed by atoms with van der Waals surface area (Å²) in [6.07, 6.45) is 1.21. The number of nitrogens with one attached hydrogen (secondary N) is 1. The summed E-state index contributed by atoms with van der Waals surface area (Å²) in [6, 6.07) is 5.06. The molecular formula is C13H18N2O2. The molecule has 17 heavy (non-hydrogen) atoms. The number of methoxy groups -OCH3 is 1. The lowest BCUT2D eigenvalue weighted by atomic mass is 10.1. The van der Waals surface area contributed by atoms with E-state index in [-0.39, 0.29) is 5.91 Å². The van der Waals surface area contributed by atoms with Crippen molar-refractivity contribution in [3.8, 4) is 5.75 Å². The average Bonchev–Trinajstić information content (AvgIpc) is 3.02. The molecule has 1 aliphatic rings. The topological polar surface area (TPSA) is 64.3 Å². The Labute approximate surface area is 101 Å². The molecule has 1 aliphatic carbocycles. The van der Waals surface area contributed by atoms with Gasteiger partial charge in [-0.3, -0.25) is 4.79 Å². The number of amides is 1. The van der Waals surface area contributed by atoms with Crippen LogP contribution in [0.25, 0.3) is 0 Å². The van der Waals surface area contributed by atoms with Crippen LogP contribution in [0, 0.1) is 11.8 Å². The second kappa shape index (κ2) is 4.65. The van der Waals surface area contributed by atoms with Crippen LogP contribution in [0.4, 0.5) is 5.69 Å². The van der Waals surface area contributed by atoms with E-state index in [0.717, 1.165) is 12.5 Å². The zero-order valence-corrected chi connectivity index (χ0v) is 10.2. The number of carbonyl (C=O) groups is 1. The number of hydrogen-bond donors (Lipinski definition) is 2. The highest BCUT2D eigenvalue weighted by atomic mass is 16.5. The van der Waals surface area contributed by atoms with E-state index in [1.807, 2.05) is 0 Å². The van der Waals surface area contributed by atoms with Crippen molar-refractivity contribution >= 4 is 11.6 Å². The summed E-state index contributed by atoms with van der Waals surface area (Å²) in [7, 11) is 1.54. The summed E-state index contributed by atoms with van der Waals surface area (Å²) in [6.45, 7) is 2.94. The summed E-state index contributed by atoms with van der Waals surface area (Å²) in [4.78, 5) is 11.9. The predicted octanol–water partition coefficient (Wildman–Crippen LogP) is 1.66. The van der Waals surface area contributed by atoms with Crippen LogP contribution in [0.5, 0.6) is 5.75 Å². The number of anilines is 1. The van der Waals surface area contributed by atoms with Crippen molar-refractivity contribution in [2.75, 3.05) is 19.4 Å². The van der Waals surface area contributed by atoms with Gasteiger partial charge in [-0.05, 0) is 30.4 Å². The Morgan fingerprint density at radius 1 is 1.59 bits per heavy atom. The molecule has 2 atom stereocenters. The number of hydrogen-bond acceptors (Lipinski definition) is 3. The highest BCUT2D eigenvalue weighted by Crippen LogP contribution is 2.36. The van der Waals surface area contributed by atoms with Crippen LogP contribution in [0.2, 0.25) is 0 Å². The summed E-state index contributed by atoms with van der Waals surface area (Å²) < 4.78 is 5.15. The fourth-order valence-corrected chi connectivity index (χ4v) is 1.90. The fraction of sp³-hybridized carbons (Fsp3) is 0.462. The van der Waals surface area contributed by atoms with Gasteiger partial charge in [-0.25, -0.2) is 0 Å². The van der Waals surface area contributed by atoms with Gasteiger partial charge in [-0.15, -0.1) is 0 Å². The molecule has 0 heterocycles. The van der Waals surface area contributed by atoms with Gasteiger partial charge in [0.15, 0.2) is 0 Å². The van der Waals surface area contributed by atoms with Crippen LogP contribution in [-0.2, 0) is 0 Å². The van der Waals surface area contributed by atoms with Crippen molar-refractivity contribution in [2.45, 2.75) is 13.3 Å². The van der Waals surface area contributed by atoms with Crippen molar-refractivity contribution < 1.29 is 9.53 Å². The van der Waals surface area contributed by atoms with E-state index in [2.05, 4.69) is 12.2 Å². The second-order valence-electron chi connectivity index (χ2n) is 4.64. The van der Waals surface area contributed by atoms with Crippen LogP contribution in [-0.4, -0.2) is 19.6 Å². The molecular weight excluding hydrogens is 216 g/mol. The van der Waals surface area contributed by atoms with Crippen LogP contribution in [0.3, 0.4) is 0 Å². The van der Waals surface area contributed by atoms with Crippen molar-refractivity contribution in [2.24, 2.45) is 11.8 Å². The molecule has 1 fully saturated rings. The molecule has 1 aromatic carbocycles. The first-order chi connectivity index (χ1) is 8.11. The monoisotopic (exact) mass is 234 g/mol. The maximum absolute atomic E-state index is 11.9. The normalized spacial score (nSPS) is 22.0. The molecule has 1 amide bonds. The molecule has 4 heteroatoms. The standard InChI is InChI=1S/C13H18N2O2/c1-8-5-9(8)7-15-13(16)11-4-3-10(14)6-12(11)17-2/h3-4,6,8-9H,5,7,14H2,1-2H3,(H,15,16). The number of rotatable bonds is 4. The van der Waals surface area contributed by atoms with E-state index >= 15 is 0 Å². The Bertz CT molecular complexity index is 431. The van der Waals surface area contributed by atoms with E-state index in [9.17, 15) is 4.79 Å². The Morgan fingerprint density at radius 3 is 2.88 bits per heavy atom. The van der Waals surface area contributed by atoms with Gasteiger partial charge in [-0.1, -0.05) is 6.92 Å². The number of nitrogen functional groups attached to an aromatic ring is 1. The first kappa shape index (κ1) is 11.8. The van der Waals surface area contributed by atoms with Gasteiger partial charge >= 0.3 is 0 Å². The SMILES string of the molecule is COc1cc(N)ccc1C(=O)NCC1CC1C. The molecule has 0 radical (unpaired) electrons. The van der Waals surface area contributed by atoms with E-state index < -0.39 is 0 Å². The Hall–Kier alpha value is -1.71. The average molecular weight is 234 g/mol. The lowest BCUT2D eigenvalue weighted by Crippen LogP contribution is -2.26. The lowest BCUT2D eigenvalue weighted by Gasteiger charge is -2.09. The van der Waals surface area contributed by atoms with Crippen molar-refractivity contribution in [1.29, 1.82) is 0 Å². The third-order valence-corrected chi connectivity index (χ3v) is 3.27. The summed E-state index contributed by atoms with van der Waals surface area (Å²) in [5.41, 5.74) is 6.77. The van der Waals surface area contributed by atoms with Crippen LogP contribution >= 0.6 is 0 Å². The maximum Gasteiger partial charge on any atom is 0.255 e. The second-order valence-corrected chi connectivity index (χ2v) is 4.64. The van der Waals surface area contributed by atoms with Gasteiger partial charge in [0.05, 0.1) is 12.7 Å². The van der Waals surface area contributed by atoms with Gasteiger partial charge in [0.25, 0.3) is 5.91 Å². The highest BCUT2D eigenvalue weighted by molar-refractivity contribution is 5.97. The molecule has 4 nitrogen and oxygen atoms in total. The molecule has 1 aromatic rings. The number of benzene rings is 1. The van der Waals surface area contributed by atoms with Crippen molar-refractivity contribution in [3.05, 3.63) is 23.8 Å². The molecule has 0 spiro atoms. The predicted molar refractivity (Wildman–Crippen MR) is 67.0 cm³/mol. The van der Waals surface area contributed by atoms with E-state index in [1.54, 1.807) is 18.2 Å². The minimum atomic E-state index is -0.0963. The minimum absolute atomic E-state index is 0.0963. The van der Waals surface area contributed by atoms with Crippen molar-refractivity contribution in [1.82, 2.24) is 5.32 Å². The molecule has 0 saturated heterocycles. The van der Waals surface area contributed by atoms with Crippen molar-refractivity contribution in [3.63, 3.8) is 0 Å². The van der Waals surface area contributed by atoms with Crippen LogP contribution in [0.15, 0.2) is 18.2 Å². The van der Waals surface area contributed by atoms with Gasteiger partial charge in [0.1, 0.15) is 5.75 Å². The fourth-order valence-electron chi connectivity index (χ4n) is 1.90. The highest BCUT2D eigenvalue weighted by Gasteiger charge is 2.32. The minimum Gasteiger partial charge on any atom is -0.496 e. The molecule has 3 N–H and O–H groups in total. The summed E-state index contributed by atoms with van der Waals surface area (Å²) in [5.74, 6) is 1.80. The number of carbonyl (C=O) groups excluding carboxylic acids is 1. The maximum atomic E-state index is 11.9. The quantitative estimate of drug-likeness (QED) is 0.779. The van der Waals surface area contributed by atoms with Crippen LogP contribution in [0.1, 0.15) is 23.7 Å².